The van der Waals surface area contributed by atoms with E-state index >= 15 is 0 Å². The third kappa shape index (κ3) is 3.24. The molecule has 2 heterocycles. The lowest BCUT2D eigenvalue weighted by Gasteiger charge is -2.30. The highest BCUT2D eigenvalue weighted by molar-refractivity contribution is 5.96. The van der Waals surface area contributed by atoms with Crippen LogP contribution in [0.3, 0.4) is 0 Å². The quantitative estimate of drug-likeness (QED) is 0.777. The fourth-order valence-electron chi connectivity index (χ4n) is 3.43. The third-order valence-corrected chi connectivity index (χ3v) is 4.79. The van der Waals surface area contributed by atoms with E-state index < -0.39 is 0 Å². The average Bonchev–Trinajstić information content (AvgIpc) is 3.07. The molecular formula is C15H24N4O3. The standard InChI is InChI=1S/C15H24N4O3/c1-11(20)19(12-4-5-12)9-13-3-2-7-17(13)10-14(21)18-8-6-16-15(18)22/h12-13H,2-10H2,1H3,(H,16,22). The maximum Gasteiger partial charge on any atom is 0.324 e. The fourth-order valence-corrected chi connectivity index (χ4v) is 3.43. The minimum Gasteiger partial charge on any atom is -0.338 e. The summed E-state index contributed by atoms with van der Waals surface area (Å²) in [5, 5.41) is 2.65. The predicted molar refractivity (Wildman–Crippen MR) is 80.1 cm³/mol. The minimum absolute atomic E-state index is 0.125. The zero-order valence-electron chi connectivity index (χ0n) is 13.1. The number of carbonyl (C=O) groups excluding carboxylic acids is 3. The van der Waals surface area contributed by atoms with E-state index in [9.17, 15) is 14.4 Å². The first-order chi connectivity index (χ1) is 10.6. The highest BCUT2D eigenvalue weighted by atomic mass is 16.2. The van der Waals surface area contributed by atoms with Crippen LogP contribution in [0.15, 0.2) is 0 Å². The number of imide groups is 1. The Hall–Kier alpha value is -1.63. The molecule has 2 saturated heterocycles. The summed E-state index contributed by atoms with van der Waals surface area (Å²) in [6.07, 6.45) is 4.24. The monoisotopic (exact) mass is 308 g/mol. The second-order valence-electron chi connectivity index (χ2n) is 6.45. The van der Waals surface area contributed by atoms with Gasteiger partial charge in [0.05, 0.1) is 6.54 Å². The molecule has 1 aliphatic carbocycles. The predicted octanol–water partition coefficient (Wildman–Crippen LogP) is 0.0135. The van der Waals surface area contributed by atoms with Gasteiger partial charge in [-0.25, -0.2) is 4.79 Å². The molecule has 3 rings (SSSR count). The van der Waals surface area contributed by atoms with Crippen molar-refractivity contribution >= 4 is 17.8 Å². The number of carbonyl (C=O) groups is 3. The van der Waals surface area contributed by atoms with Crippen molar-refractivity contribution in [3.63, 3.8) is 0 Å². The van der Waals surface area contributed by atoms with Crippen LogP contribution in [-0.4, -0.2) is 77.4 Å². The van der Waals surface area contributed by atoms with Crippen molar-refractivity contribution < 1.29 is 14.4 Å². The Morgan fingerprint density at radius 2 is 2.05 bits per heavy atom. The molecular weight excluding hydrogens is 284 g/mol. The number of rotatable bonds is 5. The minimum atomic E-state index is -0.288. The molecule has 3 aliphatic rings. The van der Waals surface area contributed by atoms with Crippen LogP contribution in [0, 0.1) is 0 Å². The first-order valence-corrected chi connectivity index (χ1v) is 8.15. The van der Waals surface area contributed by atoms with Crippen molar-refractivity contribution in [3.05, 3.63) is 0 Å². The van der Waals surface area contributed by atoms with Gasteiger partial charge in [-0.3, -0.25) is 19.4 Å². The van der Waals surface area contributed by atoms with Crippen LogP contribution < -0.4 is 5.32 Å². The molecule has 0 aromatic rings. The highest BCUT2D eigenvalue weighted by Crippen LogP contribution is 2.29. The lowest BCUT2D eigenvalue weighted by atomic mass is 10.2. The first kappa shape index (κ1) is 15.3. The molecule has 0 aromatic carbocycles. The molecule has 0 bridgehead atoms. The lowest BCUT2D eigenvalue weighted by molar-refractivity contribution is -0.130. The molecule has 1 N–H and O–H groups in total. The van der Waals surface area contributed by atoms with E-state index in [4.69, 9.17) is 0 Å². The van der Waals surface area contributed by atoms with E-state index in [-0.39, 0.29) is 30.4 Å². The van der Waals surface area contributed by atoms with Gasteiger partial charge in [-0.2, -0.15) is 0 Å². The summed E-state index contributed by atoms with van der Waals surface area (Å²) in [6, 6.07) is 0.350. The maximum atomic E-state index is 12.3. The first-order valence-electron chi connectivity index (χ1n) is 8.15. The molecule has 0 aromatic heterocycles. The van der Waals surface area contributed by atoms with Gasteiger partial charge in [0.2, 0.25) is 11.8 Å². The molecule has 22 heavy (non-hydrogen) atoms. The van der Waals surface area contributed by atoms with Crippen LogP contribution in [-0.2, 0) is 9.59 Å². The van der Waals surface area contributed by atoms with Crippen LogP contribution >= 0.6 is 0 Å². The Bertz CT molecular complexity index is 477. The number of amides is 4. The van der Waals surface area contributed by atoms with E-state index in [1.807, 2.05) is 4.90 Å². The number of nitrogens with zero attached hydrogens (tertiary/aromatic N) is 3. The highest BCUT2D eigenvalue weighted by Gasteiger charge is 2.36. The molecule has 1 atom stereocenters. The summed E-state index contributed by atoms with van der Waals surface area (Å²) >= 11 is 0. The number of nitrogens with one attached hydrogen (secondary N) is 1. The number of urea groups is 1. The Morgan fingerprint density at radius 3 is 2.64 bits per heavy atom. The SMILES string of the molecule is CC(=O)N(CC1CCCN1CC(=O)N1CCNC1=O)C1CC1. The van der Waals surface area contributed by atoms with Gasteiger partial charge in [0.1, 0.15) is 0 Å². The van der Waals surface area contributed by atoms with Crippen LogP contribution in [0.5, 0.6) is 0 Å². The van der Waals surface area contributed by atoms with Gasteiger partial charge in [0.25, 0.3) is 0 Å². The van der Waals surface area contributed by atoms with Crippen LogP contribution in [0.4, 0.5) is 4.79 Å². The van der Waals surface area contributed by atoms with Gasteiger partial charge in [0, 0.05) is 38.6 Å². The van der Waals surface area contributed by atoms with E-state index in [0.717, 1.165) is 32.2 Å². The summed E-state index contributed by atoms with van der Waals surface area (Å²) in [4.78, 5) is 41.0. The Balaban J connectivity index is 1.57. The second kappa shape index (κ2) is 6.24. The summed E-state index contributed by atoms with van der Waals surface area (Å²) in [7, 11) is 0. The van der Waals surface area contributed by atoms with Crippen LogP contribution in [0.2, 0.25) is 0 Å². The molecule has 1 saturated carbocycles. The summed E-state index contributed by atoms with van der Waals surface area (Å²) in [5.74, 6) is -0.0118. The molecule has 1 unspecified atom stereocenters. The van der Waals surface area contributed by atoms with E-state index in [1.54, 1.807) is 6.92 Å². The number of likely N-dealkylation sites (tertiary alicyclic amines) is 1. The largest absolute Gasteiger partial charge is 0.338 e. The van der Waals surface area contributed by atoms with Gasteiger partial charge >= 0.3 is 6.03 Å². The van der Waals surface area contributed by atoms with Crippen molar-refractivity contribution in [3.8, 4) is 0 Å². The van der Waals surface area contributed by atoms with Crippen molar-refractivity contribution in [1.82, 2.24) is 20.0 Å². The number of hydrogen-bond acceptors (Lipinski definition) is 4. The van der Waals surface area contributed by atoms with E-state index in [2.05, 4.69) is 10.2 Å². The molecule has 2 aliphatic heterocycles. The van der Waals surface area contributed by atoms with Gasteiger partial charge in [-0.05, 0) is 32.2 Å². The molecule has 4 amide bonds. The van der Waals surface area contributed by atoms with Gasteiger partial charge in [-0.15, -0.1) is 0 Å². The van der Waals surface area contributed by atoms with Crippen molar-refractivity contribution in [1.29, 1.82) is 0 Å². The summed E-state index contributed by atoms with van der Waals surface area (Å²) < 4.78 is 0. The molecule has 0 radical (unpaired) electrons. The van der Waals surface area contributed by atoms with Crippen LogP contribution in [0.1, 0.15) is 32.6 Å². The molecule has 122 valence electrons. The average molecular weight is 308 g/mol. The van der Waals surface area contributed by atoms with E-state index in [0.29, 0.717) is 25.7 Å². The maximum absolute atomic E-state index is 12.3. The smallest absolute Gasteiger partial charge is 0.324 e. The topological polar surface area (TPSA) is 73.0 Å². The lowest BCUT2D eigenvalue weighted by Crippen LogP contribution is -2.47. The normalized spacial score (nSPS) is 25.4. The second-order valence-corrected chi connectivity index (χ2v) is 6.45. The molecule has 7 nitrogen and oxygen atoms in total. The van der Waals surface area contributed by atoms with Crippen LogP contribution in [0.25, 0.3) is 0 Å². The molecule has 3 fully saturated rings. The van der Waals surface area contributed by atoms with E-state index in [1.165, 1.54) is 4.90 Å². The Morgan fingerprint density at radius 1 is 1.27 bits per heavy atom. The number of hydrogen-bond donors (Lipinski definition) is 1. The molecule has 0 spiro atoms. The zero-order chi connectivity index (χ0) is 15.7. The summed E-state index contributed by atoms with van der Waals surface area (Å²) in [6.45, 7) is 4.46. The van der Waals surface area contributed by atoms with Crippen molar-refractivity contribution in [2.75, 3.05) is 32.7 Å². The van der Waals surface area contributed by atoms with Crippen molar-refractivity contribution in [2.24, 2.45) is 0 Å². The third-order valence-electron chi connectivity index (χ3n) is 4.79. The summed E-state index contributed by atoms with van der Waals surface area (Å²) in [5.41, 5.74) is 0. The van der Waals surface area contributed by atoms with Gasteiger partial charge in [0.15, 0.2) is 0 Å². The molecule has 7 heteroatoms. The Labute approximate surface area is 130 Å². The van der Waals surface area contributed by atoms with Crippen molar-refractivity contribution in [2.45, 2.75) is 44.7 Å². The fraction of sp³-hybridized carbons (Fsp3) is 0.800. The Kier molecular flexibility index (Phi) is 4.33. The zero-order valence-corrected chi connectivity index (χ0v) is 13.1. The van der Waals surface area contributed by atoms with Gasteiger partial charge in [-0.1, -0.05) is 0 Å². The van der Waals surface area contributed by atoms with Gasteiger partial charge < -0.3 is 10.2 Å².